The lowest BCUT2D eigenvalue weighted by Gasteiger charge is -2.40. The minimum atomic E-state index is -4.50. The summed E-state index contributed by atoms with van der Waals surface area (Å²) in [6.45, 7) is 2.53. The van der Waals surface area contributed by atoms with Crippen molar-refractivity contribution in [3.05, 3.63) is 69.2 Å². The van der Waals surface area contributed by atoms with E-state index >= 15 is 0 Å². The zero-order chi connectivity index (χ0) is 21.7. The van der Waals surface area contributed by atoms with Crippen LogP contribution in [-0.4, -0.2) is 29.8 Å². The van der Waals surface area contributed by atoms with E-state index in [0.717, 1.165) is 17.2 Å². The molecule has 1 fully saturated rings. The lowest BCUT2D eigenvalue weighted by Crippen LogP contribution is -2.51. The number of aryl methyl sites for hydroxylation is 1. The summed E-state index contributed by atoms with van der Waals surface area (Å²) in [5.74, 6) is -0.546. The monoisotopic (exact) mass is 436 g/mol. The molecule has 30 heavy (non-hydrogen) atoms. The van der Waals surface area contributed by atoms with E-state index in [1.54, 1.807) is 11.0 Å². The Labute approximate surface area is 177 Å². The highest BCUT2D eigenvalue weighted by atomic mass is 35.5. The Balaban J connectivity index is 1.51. The van der Waals surface area contributed by atoms with Crippen LogP contribution in [0.5, 0.6) is 0 Å². The third kappa shape index (κ3) is 3.55. The van der Waals surface area contributed by atoms with Gasteiger partial charge in [-0.15, -0.1) is 0 Å². The first-order valence-electron chi connectivity index (χ1n) is 9.67. The summed E-state index contributed by atoms with van der Waals surface area (Å²) in [7, 11) is 0. The lowest BCUT2D eigenvalue weighted by molar-refractivity contribution is -0.138. The highest BCUT2D eigenvalue weighted by Crippen LogP contribution is 2.43. The molecule has 2 aromatic rings. The number of carbonyl (C=O) groups is 2. The second-order valence-electron chi connectivity index (χ2n) is 7.92. The molecule has 0 unspecified atom stereocenters. The molecule has 4 nitrogen and oxygen atoms in total. The molecule has 8 heteroatoms. The Hall–Kier alpha value is -2.54. The summed E-state index contributed by atoms with van der Waals surface area (Å²) in [5.41, 5.74) is 0.743. The van der Waals surface area contributed by atoms with Crippen molar-refractivity contribution in [2.75, 3.05) is 13.1 Å². The number of nitrogens with zero attached hydrogens (tertiary/aromatic N) is 1. The number of alkyl halides is 3. The zero-order valence-corrected chi connectivity index (χ0v) is 17.0. The fourth-order valence-corrected chi connectivity index (χ4v) is 4.95. The third-order valence-corrected chi connectivity index (χ3v) is 6.24. The number of amides is 2. The molecule has 2 aliphatic heterocycles. The molecule has 158 valence electrons. The highest BCUT2D eigenvalue weighted by Gasteiger charge is 2.47. The van der Waals surface area contributed by atoms with Gasteiger partial charge in [0.25, 0.3) is 5.91 Å². The van der Waals surface area contributed by atoms with Gasteiger partial charge < -0.3 is 10.2 Å². The molecule has 1 N–H and O–H groups in total. The molecule has 0 aliphatic carbocycles. The summed E-state index contributed by atoms with van der Waals surface area (Å²) < 4.78 is 39.6. The largest absolute Gasteiger partial charge is 0.416 e. The SMILES string of the molecule is Cc1cc(Cl)c2c(c1)C(=O)NC21CCN(C(=O)Cc2ccccc2C(F)(F)F)CC1. The molecule has 0 atom stereocenters. The Bertz CT molecular complexity index is 1030. The summed E-state index contributed by atoms with van der Waals surface area (Å²) in [6, 6.07) is 8.75. The summed E-state index contributed by atoms with van der Waals surface area (Å²) in [6.07, 6.45) is -3.90. The van der Waals surface area contributed by atoms with E-state index in [-0.39, 0.29) is 23.8 Å². The number of hydrogen-bond donors (Lipinski definition) is 1. The van der Waals surface area contributed by atoms with E-state index in [0.29, 0.717) is 36.5 Å². The minimum absolute atomic E-state index is 0.0340. The Morgan fingerprint density at radius 2 is 1.87 bits per heavy atom. The standard InChI is InChI=1S/C22H20ClF3N2O2/c1-13-10-15-19(17(23)11-13)21(27-20(15)30)6-8-28(9-7-21)18(29)12-14-4-2-3-5-16(14)22(24,25)26/h2-5,10-11H,6-9,12H2,1H3,(H,27,30). The maximum atomic E-state index is 13.2. The quantitative estimate of drug-likeness (QED) is 0.755. The average Bonchev–Trinajstić information content (AvgIpc) is 2.93. The molecule has 2 heterocycles. The van der Waals surface area contributed by atoms with Gasteiger partial charge in [0, 0.05) is 29.2 Å². The lowest BCUT2D eigenvalue weighted by atomic mass is 9.81. The topological polar surface area (TPSA) is 49.4 Å². The average molecular weight is 437 g/mol. The molecule has 0 radical (unpaired) electrons. The van der Waals surface area contributed by atoms with Crippen molar-refractivity contribution < 1.29 is 22.8 Å². The van der Waals surface area contributed by atoms with Crippen LogP contribution in [0.2, 0.25) is 5.02 Å². The minimum Gasteiger partial charge on any atom is -0.342 e. The predicted octanol–water partition coefficient (Wildman–Crippen LogP) is 4.47. The van der Waals surface area contributed by atoms with Crippen molar-refractivity contribution in [2.24, 2.45) is 0 Å². The van der Waals surface area contributed by atoms with Crippen molar-refractivity contribution >= 4 is 23.4 Å². The number of benzene rings is 2. The zero-order valence-electron chi connectivity index (χ0n) is 16.3. The van der Waals surface area contributed by atoms with Crippen LogP contribution < -0.4 is 5.32 Å². The molecule has 1 saturated heterocycles. The molecule has 0 aromatic heterocycles. The second-order valence-corrected chi connectivity index (χ2v) is 8.33. The first kappa shape index (κ1) is 20.7. The van der Waals surface area contributed by atoms with E-state index in [1.165, 1.54) is 18.2 Å². The van der Waals surface area contributed by atoms with Gasteiger partial charge in [0.1, 0.15) is 0 Å². The first-order valence-corrected chi connectivity index (χ1v) is 10.0. The van der Waals surface area contributed by atoms with Crippen LogP contribution in [-0.2, 0) is 22.9 Å². The van der Waals surface area contributed by atoms with Gasteiger partial charge in [-0.3, -0.25) is 9.59 Å². The fraction of sp³-hybridized carbons (Fsp3) is 0.364. The summed E-state index contributed by atoms with van der Waals surface area (Å²) >= 11 is 6.45. The van der Waals surface area contributed by atoms with Gasteiger partial charge >= 0.3 is 6.18 Å². The van der Waals surface area contributed by atoms with Crippen molar-refractivity contribution in [2.45, 2.75) is 37.9 Å². The van der Waals surface area contributed by atoms with E-state index < -0.39 is 17.3 Å². The van der Waals surface area contributed by atoms with Crippen molar-refractivity contribution in [1.29, 1.82) is 0 Å². The van der Waals surface area contributed by atoms with Crippen LogP contribution >= 0.6 is 11.6 Å². The first-order chi connectivity index (χ1) is 14.1. The van der Waals surface area contributed by atoms with Gasteiger partial charge in [-0.1, -0.05) is 29.8 Å². The predicted molar refractivity (Wildman–Crippen MR) is 106 cm³/mol. The van der Waals surface area contributed by atoms with Gasteiger partial charge in [-0.2, -0.15) is 13.2 Å². The maximum Gasteiger partial charge on any atom is 0.416 e. The van der Waals surface area contributed by atoms with Gasteiger partial charge in [-0.05, 0) is 49.1 Å². The van der Waals surface area contributed by atoms with Crippen molar-refractivity contribution in [3.63, 3.8) is 0 Å². The molecule has 2 amide bonds. The van der Waals surface area contributed by atoms with E-state index in [2.05, 4.69) is 5.32 Å². The van der Waals surface area contributed by atoms with E-state index in [4.69, 9.17) is 11.6 Å². The molecular formula is C22H20ClF3N2O2. The van der Waals surface area contributed by atoms with Crippen molar-refractivity contribution in [3.8, 4) is 0 Å². The van der Waals surface area contributed by atoms with Crippen LogP contribution in [0.15, 0.2) is 36.4 Å². The van der Waals surface area contributed by atoms with Gasteiger partial charge in [0.05, 0.1) is 17.5 Å². The fourth-order valence-electron chi connectivity index (χ4n) is 4.49. The molecule has 2 aromatic carbocycles. The van der Waals surface area contributed by atoms with E-state index in [1.807, 2.05) is 13.0 Å². The molecular weight excluding hydrogens is 417 g/mol. The van der Waals surface area contributed by atoms with Crippen LogP contribution in [0.25, 0.3) is 0 Å². The Kier molecular flexibility index (Phi) is 5.04. The van der Waals surface area contributed by atoms with Gasteiger partial charge in [0.2, 0.25) is 5.91 Å². The maximum absolute atomic E-state index is 13.2. The van der Waals surface area contributed by atoms with Crippen LogP contribution in [0.1, 0.15) is 45.5 Å². The second kappa shape index (κ2) is 7.30. The van der Waals surface area contributed by atoms with Gasteiger partial charge in [0.15, 0.2) is 0 Å². The van der Waals surface area contributed by atoms with Crippen LogP contribution in [0.4, 0.5) is 13.2 Å². The number of halogens is 4. The molecule has 0 bridgehead atoms. The number of hydrogen-bond acceptors (Lipinski definition) is 2. The third-order valence-electron chi connectivity index (χ3n) is 5.94. The Morgan fingerprint density at radius 3 is 2.53 bits per heavy atom. The van der Waals surface area contributed by atoms with E-state index in [9.17, 15) is 22.8 Å². The van der Waals surface area contributed by atoms with Crippen LogP contribution in [0.3, 0.4) is 0 Å². The highest BCUT2D eigenvalue weighted by molar-refractivity contribution is 6.32. The smallest absolute Gasteiger partial charge is 0.342 e. The number of rotatable bonds is 2. The van der Waals surface area contributed by atoms with Crippen LogP contribution in [0, 0.1) is 6.92 Å². The number of carbonyl (C=O) groups excluding carboxylic acids is 2. The molecule has 4 rings (SSSR count). The normalized spacial score (nSPS) is 17.8. The number of fused-ring (bicyclic) bond motifs is 2. The molecule has 2 aliphatic rings. The summed E-state index contributed by atoms with van der Waals surface area (Å²) in [4.78, 5) is 26.8. The number of piperidine rings is 1. The van der Waals surface area contributed by atoms with Gasteiger partial charge in [-0.25, -0.2) is 0 Å². The number of nitrogens with one attached hydrogen (secondary N) is 1. The number of likely N-dealkylation sites (tertiary alicyclic amines) is 1. The Morgan fingerprint density at radius 1 is 1.20 bits per heavy atom. The molecule has 1 spiro atoms. The summed E-state index contributed by atoms with van der Waals surface area (Å²) in [5, 5.41) is 3.55. The van der Waals surface area contributed by atoms with Crippen molar-refractivity contribution in [1.82, 2.24) is 10.2 Å². The molecule has 0 saturated carbocycles.